The number of amides is 1. The van der Waals surface area contributed by atoms with Crippen LogP contribution in [0.3, 0.4) is 0 Å². The van der Waals surface area contributed by atoms with Crippen molar-refractivity contribution in [1.82, 2.24) is 5.32 Å². The van der Waals surface area contributed by atoms with Crippen molar-refractivity contribution in [2.75, 3.05) is 12.8 Å². The lowest BCUT2D eigenvalue weighted by molar-refractivity contribution is 0.0532. The molecule has 0 fully saturated rings. The number of benzene rings is 1. The van der Waals surface area contributed by atoms with E-state index in [0.717, 1.165) is 11.8 Å². The first-order valence-corrected chi connectivity index (χ1v) is 8.94. The summed E-state index contributed by atoms with van der Waals surface area (Å²) >= 11 is 0. The van der Waals surface area contributed by atoms with Crippen molar-refractivity contribution in [2.45, 2.75) is 37.7 Å². The Labute approximate surface area is 136 Å². The summed E-state index contributed by atoms with van der Waals surface area (Å²) in [6, 6.07) is 6.18. The van der Waals surface area contributed by atoms with Gasteiger partial charge in [0.2, 0.25) is 0 Å². The minimum Gasteiger partial charge on any atom is -0.444 e. The monoisotopic (exact) mass is 343 g/mol. The lowest BCUT2D eigenvalue weighted by atomic mass is 10.1. The largest absolute Gasteiger partial charge is 0.444 e. The Hall–Kier alpha value is -1.89. The Balaban J connectivity index is 2.62. The maximum atomic E-state index is 13.0. The third-order valence-corrected chi connectivity index (χ3v) is 3.92. The van der Waals surface area contributed by atoms with E-state index in [9.17, 15) is 17.6 Å². The zero-order valence-corrected chi connectivity index (χ0v) is 14.5. The molecule has 128 valence electrons. The van der Waals surface area contributed by atoms with Gasteiger partial charge in [-0.15, -0.1) is 0 Å². The molecule has 23 heavy (non-hydrogen) atoms. The molecule has 0 heterocycles. The number of nitrogens with one attached hydrogen (secondary N) is 1. The topological polar surface area (TPSA) is 72.5 Å². The van der Waals surface area contributed by atoms with Crippen molar-refractivity contribution in [2.24, 2.45) is 0 Å². The summed E-state index contributed by atoms with van der Waals surface area (Å²) in [7, 11) is -3.25. The van der Waals surface area contributed by atoms with E-state index < -0.39 is 21.5 Å². The molecule has 0 aliphatic carbocycles. The van der Waals surface area contributed by atoms with Crippen LogP contribution in [-0.4, -0.2) is 32.9 Å². The van der Waals surface area contributed by atoms with Gasteiger partial charge in [0.1, 0.15) is 5.60 Å². The predicted molar refractivity (Wildman–Crippen MR) is 86.7 cm³/mol. The molecule has 1 aromatic rings. The lowest BCUT2D eigenvalue weighted by Gasteiger charge is -2.20. The molecule has 0 saturated carbocycles. The highest BCUT2D eigenvalue weighted by Crippen LogP contribution is 2.14. The molecule has 1 aromatic carbocycles. The van der Waals surface area contributed by atoms with E-state index in [1.165, 1.54) is 12.1 Å². The molecule has 0 radical (unpaired) electrons. The Morgan fingerprint density at radius 1 is 1.26 bits per heavy atom. The molecule has 0 saturated heterocycles. The fourth-order valence-electron chi connectivity index (χ4n) is 1.76. The average Bonchev–Trinajstić information content (AvgIpc) is 2.41. The van der Waals surface area contributed by atoms with E-state index in [0.29, 0.717) is 11.9 Å². The summed E-state index contributed by atoms with van der Waals surface area (Å²) in [6.45, 7) is 5.23. The summed E-state index contributed by atoms with van der Waals surface area (Å²) in [4.78, 5) is 11.7. The number of alkyl carbamates (subject to hydrolysis) is 1. The first-order chi connectivity index (χ1) is 10.5. The second-order valence-electron chi connectivity index (χ2n) is 6.22. The minimum absolute atomic E-state index is 0.0131. The van der Waals surface area contributed by atoms with Crippen molar-refractivity contribution in [3.05, 3.63) is 41.7 Å². The molecule has 0 aromatic heterocycles. The van der Waals surface area contributed by atoms with Crippen LogP contribution in [0.5, 0.6) is 0 Å². The standard InChI is InChI=1S/C16H22FNO4S/c1-16(2,3)22-15(19)18-11-13(10-17)9-12-5-7-14(8-6-12)23(4,20)21/h5-8,10H,9,11H2,1-4H3,(H,18,19). The Kier molecular flexibility index (Phi) is 6.32. The average molecular weight is 343 g/mol. The highest BCUT2D eigenvalue weighted by Gasteiger charge is 2.16. The molecule has 1 amide bonds. The van der Waals surface area contributed by atoms with Crippen LogP contribution in [-0.2, 0) is 21.0 Å². The quantitative estimate of drug-likeness (QED) is 0.892. The molecular formula is C16H22FNO4S. The number of carbonyl (C=O) groups is 1. The van der Waals surface area contributed by atoms with E-state index in [1.54, 1.807) is 32.9 Å². The minimum atomic E-state index is -3.25. The smallest absolute Gasteiger partial charge is 0.407 e. The molecule has 5 nitrogen and oxygen atoms in total. The molecule has 0 atom stereocenters. The summed E-state index contributed by atoms with van der Waals surface area (Å²) in [5.74, 6) is 0. The van der Waals surface area contributed by atoms with E-state index in [1.807, 2.05) is 0 Å². The van der Waals surface area contributed by atoms with Gasteiger partial charge in [0.25, 0.3) is 0 Å². The van der Waals surface area contributed by atoms with Crippen molar-refractivity contribution >= 4 is 15.9 Å². The number of ether oxygens (including phenoxy) is 1. The molecule has 0 aliphatic heterocycles. The van der Waals surface area contributed by atoms with Gasteiger partial charge < -0.3 is 10.1 Å². The van der Waals surface area contributed by atoms with Crippen molar-refractivity contribution in [3.8, 4) is 0 Å². The Morgan fingerprint density at radius 3 is 2.26 bits per heavy atom. The number of carbonyl (C=O) groups excluding carboxylic acids is 1. The van der Waals surface area contributed by atoms with E-state index in [2.05, 4.69) is 5.32 Å². The van der Waals surface area contributed by atoms with Crippen LogP contribution in [0.1, 0.15) is 26.3 Å². The highest BCUT2D eigenvalue weighted by molar-refractivity contribution is 7.90. The van der Waals surface area contributed by atoms with Gasteiger partial charge in [-0.2, -0.15) is 0 Å². The van der Waals surface area contributed by atoms with Gasteiger partial charge in [-0.3, -0.25) is 0 Å². The summed E-state index contributed by atoms with van der Waals surface area (Å²) in [5, 5.41) is 2.48. The van der Waals surface area contributed by atoms with Gasteiger partial charge in [0.15, 0.2) is 9.84 Å². The molecule has 0 spiro atoms. The fraction of sp³-hybridized carbons (Fsp3) is 0.438. The van der Waals surface area contributed by atoms with Crippen molar-refractivity contribution in [1.29, 1.82) is 0 Å². The zero-order valence-electron chi connectivity index (χ0n) is 13.7. The van der Waals surface area contributed by atoms with Crippen LogP contribution >= 0.6 is 0 Å². The molecule has 1 N–H and O–H groups in total. The molecule has 0 bridgehead atoms. The Bertz CT molecular complexity index is 673. The van der Waals surface area contributed by atoms with E-state index in [4.69, 9.17) is 4.74 Å². The van der Waals surface area contributed by atoms with Gasteiger partial charge in [-0.05, 0) is 50.5 Å². The number of hydrogen-bond donors (Lipinski definition) is 1. The molecule has 7 heteroatoms. The predicted octanol–water partition coefficient (Wildman–Crippen LogP) is 3.01. The number of sulfone groups is 1. The summed E-state index contributed by atoms with van der Waals surface area (Å²) < 4.78 is 40.8. The van der Waals surface area contributed by atoms with Crippen LogP contribution in [0, 0.1) is 0 Å². The van der Waals surface area contributed by atoms with Gasteiger partial charge in [-0.25, -0.2) is 17.6 Å². The highest BCUT2D eigenvalue weighted by atomic mass is 32.2. The fourth-order valence-corrected chi connectivity index (χ4v) is 2.39. The van der Waals surface area contributed by atoms with Gasteiger partial charge in [0.05, 0.1) is 11.2 Å². The second kappa shape index (κ2) is 7.59. The summed E-state index contributed by atoms with van der Waals surface area (Å²) in [5.41, 5.74) is 0.473. The lowest BCUT2D eigenvalue weighted by Crippen LogP contribution is -2.33. The summed E-state index contributed by atoms with van der Waals surface area (Å²) in [6.07, 6.45) is 1.20. The second-order valence-corrected chi connectivity index (χ2v) is 8.23. The zero-order chi connectivity index (χ0) is 17.7. The normalized spacial score (nSPS) is 12.8. The third-order valence-electron chi connectivity index (χ3n) is 2.80. The number of halogens is 1. The molecule has 0 unspecified atom stereocenters. The maximum absolute atomic E-state index is 13.0. The number of rotatable bonds is 5. The van der Waals surface area contributed by atoms with Crippen LogP contribution in [0.4, 0.5) is 9.18 Å². The van der Waals surface area contributed by atoms with Crippen molar-refractivity contribution in [3.63, 3.8) is 0 Å². The third kappa shape index (κ3) is 7.27. The van der Waals surface area contributed by atoms with E-state index >= 15 is 0 Å². The van der Waals surface area contributed by atoms with Crippen LogP contribution in [0.15, 0.2) is 41.1 Å². The van der Waals surface area contributed by atoms with Crippen molar-refractivity contribution < 1.29 is 22.3 Å². The Morgan fingerprint density at radius 2 is 1.83 bits per heavy atom. The maximum Gasteiger partial charge on any atom is 0.407 e. The SMILES string of the molecule is CC(C)(C)OC(=O)NCC(=CF)Cc1ccc(S(C)(=O)=O)cc1. The van der Waals surface area contributed by atoms with Crippen LogP contribution in [0.25, 0.3) is 0 Å². The van der Waals surface area contributed by atoms with Crippen LogP contribution < -0.4 is 5.32 Å². The first kappa shape index (κ1) is 19.2. The van der Waals surface area contributed by atoms with Gasteiger partial charge >= 0.3 is 6.09 Å². The van der Waals surface area contributed by atoms with Crippen LogP contribution in [0.2, 0.25) is 0 Å². The number of hydrogen-bond acceptors (Lipinski definition) is 4. The first-order valence-electron chi connectivity index (χ1n) is 7.05. The van der Waals surface area contributed by atoms with E-state index in [-0.39, 0.29) is 17.9 Å². The van der Waals surface area contributed by atoms with Gasteiger partial charge in [0, 0.05) is 12.8 Å². The molecule has 0 aliphatic rings. The molecule has 1 rings (SSSR count). The molecular weight excluding hydrogens is 321 g/mol. The van der Waals surface area contributed by atoms with Gasteiger partial charge in [-0.1, -0.05) is 12.1 Å².